The van der Waals surface area contributed by atoms with Crippen molar-refractivity contribution in [3.8, 4) is 0 Å². The molecule has 3 aromatic carbocycles. The fourth-order valence-corrected chi connectivity index (χ4v) is 4.80. The van der Waals surface area contributed by atoms with E-state index in [0.29, 0.717) is 5.92 Å². The van der Waals surface area contributed by atoms with Crippen molar-refractivity contribution in [2.24, 2.45) is 5.92 Å². The second-order valence-electron chi connectivity index (χ2n) is 7.42. The van der Waals surface area contributed by atoms with Gasteiger partial charge < -0.3 is 4.98 Å². The summed E-state index contributed by atoms with van der Waals surface area (Å²) in [5.41, 5.74) is 5.61. The Balaban J connectivity index is 1.79. The maximum atomic E-state index is 3.74. The van der Waals surface area contributed by atoms with Crippen LogP contribution in [0.15, 0.2) is 66.3 Å². The highest BCUT2D eigenvalue weighted by Gasteiger charge is 2.25. The Morgan fingerprint density at radius 2 is 1.76 bits per heavy atom. The van der Waals surface area contributed by atoms with Crippen LogP contribution in [-0.4, -0.2) is 4.98 Å². The van der Waals surface area contributed by atoms with Crippen LogP contribution in [0.1, 0.15) is 24.1 Å². The van der Waals surface area contributed by atoms with E-state index in [4.69, 9.17) is 0 Å². The number of aromatic nitrogens is 1. The molecule has 2 aliphatic carbocycles. The molecule has 0 saturated carbocycles. The number of rotatable bonds is 0. The van der Waals surface area contributed by atoms with Crippen molar-refractivity contribution in [2.75, 3.05) is 0 Å². The highest BCUT2D eigenvalue weighted by Crippen LogP contribution is 2.41. The molecule has 2 aliphatic rings. The molecule has 120 valence electrons. The highest BCUT2D eigenvalue weighted by atomic mass is 14.7. The molecular weight excluding hydrogens is 302 g/mol. The largest absolute Gasteiger partial charge is 0.358 e. The van der Waals surface area contributed by atoms with E-state index < -0.39 is 0 Å². The Bertz CT molecular complexity index is 1220. The van der Waals surface area contributed by atoms with Crippen molar-refractivity contribution in [3.63, 3.8) is 0 Å². The van der Waals surface area contributed by atoms with Crippen molar-refractivity contribution in [1.29, 1.82) is 0 Å². The summed E-state index contributed by atoms with van der Waals surface area (Å²) < 4.78 is 0. The quantitative estimate of drug-likeness (QED) is 0.362. The molecule has 1 N–H and O–H groups in total. The minimum atomic E-state index is 0.688. The van der Waals surface area contributed by atoms with E-state index in [0.717, 1.165) is 6.42 Å². The molecule has 0 fully saturated rings. The topological polar surface area (TPSA) is 15.8 Å². The lowest BCUT2D eigenvalue weighted by molar-refractivity contribution is 0.552. The van der Waals surface area contributed by atoms with Crippen LogP contribution in [-0.2, 0) is 6.42 Å². The van der Waals surface area contributed by atoms with Gasteiger partial charge >= 0.3 is 0 Å². The van der Waals surface area contributed by atoms with E-state index in [-0.39, 0.29) is 0 Å². The van der Waals surface area contributed by atoms with Gasteiger partial charge in [0.15, 0.2) is 0 Å². The zero-order valence-corrected chi connectivity index (χ0v) is 14.0. The van der Waals surface area contributed by atoms with Gasteiger partial charge in [-0.05, 0) is 64.4 Å². The van der Waals surface area contributed by atoms with Crippen molar-refractivity contribution < 1.29 is 0 Å². The summed E-state index contributed by atoms with van der Waals surface area (Å²) in [6.07, 6.45) is 10.8. The van der Waals surface area contributed by atoms with Crippen molar-refractivity contribution in [1.82, 2.24) is 4.98 Å². The first kappa shape index (κ1) is 13.5. The predicted molar refractivity (Wildman–Crippen MR) is 107 cm³/mol. The van der Waals surface area contributed by atoms with E-state index in [2.05, 4.69) is 71.7 Å². The van der Waals surface area contributed by atoms with Gasteiger partial charge in [-0.15, -0.1) is 0 Å². The molecular formula is C24H19N. The highest BCUT2D eigenvalue weighted by molar-refractivity contribution is 6.22. The van der Waals surface area contributed by atoms with Crippen LogP contribution in [0.5, 0.6) is 0 Å². The maximum Gasteiger partial charge on any atom is 0.0469 e. The first-order valence-corrected chi connectivity index (χ1v) is 9.22. The van der Waals surface area contributed by atoms with Gasteiger partial charge in [0, 0.05) is 22.2 Å². The van der Waals surface area contributed by atoms with Gasteiger partial charge in [0.1, 0.15) is 0 Å². The van der Waals surface area contributed by atoms with Crippen molar-refractivity contribution in [3.05, 3.63) is 77.5 Å². The van der Waals surface area contributed by atoms with Gasteiger partial charge in [-0.25, -0.2) is 0 Å². The number of allylic oxidation sites excluding steroid dienone is 3. The molecule has 0 aliphatic heterocycles. The number of fused-ring (bicyclic) bond motifs is 8. The van der Waals surface area contributed by atoms with E-state index in [1.807, 2.05) is 0 Å². The summed E-state index contributed by atoms with van der Waals surface area (Å²) in [5.74, 6) is 0.688. The van der Waals surface area contributed by atoms with Crippen LogP contribution in [0.3, 0.4) is 0 Å². The summed E-state index contributed by atoms with van der Waals surface area (Å²) in [6.45, 7) is 0. The monoisotopic (exact) mass is 321 g/mol. The average molecular weight is 321 g/mol. The maximum absolute atomic E-state index is 3.74. The van der Waals surface area contributed by atoms with Gasteiger partial charge in [-0.3, -0.25) is 0 Å². The van der Waals surface area contributed by atoms with Gasteiger partial charge in [0.05, 0.1) is 0 Å². The molecule has 0 amide bonds. The van der Waals surface area contributed by atoms with Crippen LogP contribution < -0.4 is 0 Å². The Hall–Kier alpha value is -2.80. The summed E-state index contributed by atoms with van der Waals surface area (Å²) in [5, 5.41) is 6.79. The lowest BCUT2D eigenvalue weighted by Gasteiger charge is -2.25. The fourth-order valence-electron chi connectivity index (χ4n) is 4.80. The SMILES string of the molecule is C1=CC2=Cc3c([nH]c4ccc5ccc6ccccc6c5c34)CC2CC1. The predicted octanol–water partition coefficient (Wildman–Crippen LogP) is 6.38. The molecule has 25 heavy (non-hydrogen) atoms. The van der Waals surface area contributed by atoms with Crippen LogP contribution in [0, 0.1) is 5.92 Å². The van der Waals surface area contributed by atoms with E-state index in [1.165, 1.54) is 62.1 Å². The zero-order valence-electron chi connectivity index (χ0n) is 14.0. The Kier molecular flexibility index (Phi) is 2.62. The number of hydrogen-bond donors (Lipinski definition) is 1. The van der Waals surface area contributed by atoms with Crippen LogP contribution >= 0.6 is 0 Å². The van der Waals surface area contributed by atoms with Gasteiger partial charge in [-0.1, -0.05) is 54.6 Å². The normalized spacial score (nSPS) is 19.2. The molecule has 1 heterocycles. The Labute approximate surface area is 146 Å². The third kappa shape index (κ3) is 1.84. The van der Waals surface area contributed by atoms with E-state index in [9.17, 15) is 0 Å². The van der Waals surface area contributed by atoms with E-state index in [1.54, 1.807) is 0 Å². The van der Waals surface area contributed by atoms with Crippen LogP contribution in [0.25, 0.3) is 38.5 Å². The fraction of sp³-hybridized carbons (Fsp3) is 0.167. The smallest absolute Gasteiger partial charge is 0.0469 e. The zero-order chi connectivity index (χ0) is 16.4. The summed E-state index contributed by atoms with van der Waals surface area (Å²) >= 11 is 0. The van der Waals surface area contributed by atoms with Crippen LogP contribution in [0.2, 0.25) is 0 Å². The number of aromatic amines is 1. The standard InChI is InChI=1S/C24H19N/c1-2-7-18-14-22-20(13-17(18)6-1)24-21(25-22)12-11-16-10-9-15-5-3-4-8-19(15)23(16)24/h1,3-6,8-13,18,25H,2,7,14H2. The number of nitrogens with one attached hydrogen (secondary N) is 1. The summed E-state index contributed by atoms with van der Waals surface area (Å²) in [6, 6.07) is 17.8. The molecule has 1 aromatic heterocycles. The first-order chi connectivity index (χ1) is 12.4. The van der Waals surface area contributed by atoms with E-state index >= 15 is 0 Å². The summed E-state index contributed by atoms with van der Waals surface area (Å²) in [4.78, 5) is 3.74. The van der Waals surface area contributed by atoms with Crippen LogP contribution in [0.4, 0.5) is 0 Å². The molecule has 4 aromatic rings. The van der Waals surface area contributed by atoms with Gasteiger partial charge in [0.2, 0.25) is 0 Å². The second kappa shape index (κ2) is 4.86. The molecule has 0 spiro atoms. The molecule has 1 unspecified atom stereocenters. The molecule has 0 radical (unpaired) electrons. The lowest BCUT2D eigenvalue weighted by atomic mass is 9.80. The molecule has 0 saturated heterocycles. The molecule has 1 atom stereocenters. The Morgan fingerprint density at radius 3 is 2.76 bits per heavy atom. The Morgan fingerprint density at radius 1 is 0.880 bits per heavy atom. The van der Waals surface area contributed by atoms with Crippen molar-refractivity contribution in [2.45, 2.75) is 19.3 Å². The molecule has 0 bridgehead atoms. The lowest BCUT2D eigenvalue weighted by Crippen LogP contribution is -2.14. The van der Waals surface area contributed by atoms with Gasteiger partial charge in [0.25, 0.3) is 0 Å². The average Bonchev–Trinajstić information content (AvgIpc) is 3.03. The van der Waals surface area contributed by atoms with Gasteiger partial charge in [-0.2, -0.15) is 0 Å². The summed E-state index contributed by atoms with van der Waals surface area (Å²) in [7, 11) is 0. The molecule has 1 nitrogen and oxygen atoms in total. The number of hydrogen-bond acceptors (Lipinski definition) is 0. The minimum absolute atomic E-state index is 0.688. The minimum Gasteiger partial charge on any atom is -0.358 e. The molecule has 1 heteroatoms. The number of H-pyrrole nitrogens is 1. The first-order valence-electron chi connectivity index (χ1n) is 9.22. The third-order valence-corrected chi connectivity index (χ3v) is 6.02. The number of benzene rings is 3. The third-order valence-electron chi connectivity index (χ3n) is 6.02. The second-order valence-corrected chi connectivity index (χ2v) is 7.42. The van der Waals surface area contributed by atoms with Crippen molar-refractivity contribution >= 4 is 38.5 Å². The molecule has 6 rings (SSSR count).